The van der Waals surface area contributed by atoms with Crippen LogP contribution in [-0.2, 0) is 28.5 Å². The lowest BCUT2D eigenvalue weighted by Gasteiger charge is -2.35. The summed E-state index contributed by atoms with van der Waals surface area (Å²) in [5, 5.41) is 0.280. The maximum absolute atomic E-state index is 13.3. The quantitative estimate of drug-likeness (QED) is 0.107. The fourth-order valence-electron chi connectivity index (χ4n) is 5.33. The molecule has 6 aromatic rings. The Morgan fingerprint density at radius 3 is 1.48 bits per heavy atom. The number of nitrogens with zero attached hydrogens (tertiary/aromatic N) is 7. The minimum absolute atomic E-state index is 0.102. The van der Waals surface area contributed by atoms with E-state index in [1.54, 1.807) is 67.3 Å². The highest BCUT2D eigenvalue weighted by molar-refractivity contribution is 9.10. The van der Waals surface area contributed by atoms with Gasteiger partial charge in [-0.3, -0.25) is 14.2 Å². The molecule has 2 aromatic carbocycles. The summed E-state index contributed by atoms with van der Waals surface area (Å²) in [7, 11) is -10.0. The Hall–Kier alpha value is -5.43. The van der Waals surface area contributed by atoms with E-state index in [0.717, 1.165) is 10.7 Å². The van der Waals surface area contributed by atoms with Gasteiger partial charge in [-0.2, -0.15) is 0 Å². The highest BCUT2D eigenvalue weighted by atomic mass is 79.9. The predicted molar refractivity (Wildman–Crippen MR) is 281 cm³/mol. The summed E-state index contributed by atoms with van der Waals surface area (Å²) in [5.74, 6) is 0. The molecule has 0 amide bonds. The third-order valence-corrected chi connectivity index (χ3v) is 23.2. The molecule has 1 N–H and O–H groups in total. The van der Waals surface area contributed by atoms with Gasteiger partial charge in [-0.25, -0.2) is 46.7 Å². The summed E-state index contributed by atoms with van der Waals surface area (Å²) in [6.45, 7) is 22.9. The molecule has 0 radical (unpaired) electrons. The van der Waals surface area contributed by atoms with Crippen molar-refractivity contribution in [3.05, 3.63) is 147 Å². The zero-order valence-electron chi connectivity index (χ0n) is 41.1. The molecule has 69 heavy (non-hydrogen) atoms. The van der Waals surface area contributed by atoms with E-state index in [4.69, 9.17) is 8.85 Å². The fraction of sp³-hybridized carbons (Fsp3) is 0.333. The van der Waals surface area contributed by atoms with E-state index in [9.17, 15) is 26.4 Å². The summed E-state index contributed by atoms with van der Waals surface area (Å²) in [6, 6.07) is 12.7. The van der Waals surface area contributed by atoms with Crippen LogP contribution in [0.3, 0.4) is 0 Å². The first kappa shape index (κ1) is 56.2. The number of sulfone groups is 2. The van der Waals surface area contributed by atoms with Crippen LogP contribution in [0.1, 0.15) is 52.9 Å². The van der Waals surface area contributed by atoms with Crippen molar-refractivity contribution >= 4 is 64.4 Å². The fourth-order valence-corrected chi connectivity index (χ4v) is 8.75. The Balaban J connectivity index is 0.000000255. The van der Waals surface area contributed by atoms with Crippen LogP contribution >= 0.6 is 15.9 Å². The van der Waals surface area contributed by atoms with Crippen molar-refractivity contribution in [2.45, 2.75) is 87.6 Å². The molecule has 0 aliphatic carbocycles. The number of H-pyrrole nitrogens is 1. The molecule has 4 heterocycles. The molecule has 16 nitrogen and oxygen atoms in total. The molecule has 21 heteroatoms. The van der Waals surface area contributed by atoms with Crippen molar-refractivity contribution < 1.29 is 25.7 Å². The van der Waals surface area contributed by atoms with E-state index in [0.29, 0.717) is 52.0 Å². The summed E-state index contributed by atoms with van der Waals surface area (Å²) < 4.78 is 60.1. The number of aromatic amines is 1. The second-order valence-corrected chi connectivity index (χ2v) is 33.5. The highest BCUT2D eigenvalue weighted by Crippen LogP contribution is 2.37. The van der Waals surface area contributed by atoms with Crippen molar-refractivity contribution in [2.24, 2.45) is 0 Å². The van der Waals surface area contributed by atoms with Gasteiger partial charge in [0, 0.05) is 71.0 Å². The van der Waals surface area contributed by atoms with Gasteiger partial charge in [-0.15, -0.1) is 0 Å². The van der Waals surface area contributed by atoms with Crippen LogP contribution in [0, 0.1) is 0 Å². The van der Waals surface area contributed by atoms with Gasteiger partial charge in [0.15, 0.2) is 36.3 Å². The van der Waals surface area contributed by atoms with E-state index in [1.807, 2.05) is 18.2 Å². The van der Waals surface area contributed by atoms with E-state index in [-0.39, 0.29) is 31.8 Å². The molecule has 0 saturated carbocycles. The molecular formula is C48H61BrN8O8S2Si2. The van der Waals surface area contributed by atoms with Crippen LogP contribution in [0.5, 0.6) is 0 Å². The zero-order valence-corrected chi connectivity index (χ0v) is 46.3. The normalized spacial score (nSPS) is 12.6. The number of benzene rings is 2. The first-order valence-electron chi connectivity index (χ1n) is 21.6. The summed E-state index contributed by atoms with van der Waals surface area (Å²) in [4.78, 5) is 53.1. The molecule has 0 atom stereocenters. The molecule has 0 aliphatic rings. The smallest absolute Gasteiger partial charge is 0.281 e. The van der Waals surface area contributed by atoms with Gasteiger partial charge in [0.1, 0.15) is 24.0 Å². The van der Waals surface area contributed by atoms with E-state index in [2.05, 4.69) is 119 Å². The first-order valence-corrected chi connectivity index (χ1v) is 32.0. The highest BCUT2D eigenvalue weighted by Gasteiger charge is 2.37. The van der Waals surface area contributed by atoms with Gasteiger partial charge in [0.05, 0.1) is 34.4 Å². The number of hydrogen-bond donors (Lipinski definition) is 1. The third kappa shape index (κ3) is 16.6. The topological polar surface area (TPSA) is 219 Å². The molecule has 368 valence electrons. The molecule has 0 bridgehead atoms. The van der Waals surface area contributed by atoms with Gasteiger partial charge in [0.25, 0.3) is 11.1 Å². The Morgan fingerprint density at radius 2 is 1.04 bits per heavy atom. The van der Waals surface area contributed by atoms with Crippen molar-refractivity contribution in [1.82, 2.24) is 39.5 Å². The monoisotopic (exact) mass is 1080 g/mol. The Kier molecular flexibility index (Phi) is 19.1. The van der Waals surface area contributed by atoms with Crippen molar-refractivity contribution in [3.8, 4) is 28.2 Å². The lowest BCUT2D eigenvalue weighted by atomic mass is 10.2. The molecule has 0 saturated heterocycles. The summed E-state index contributed by atoms with van der Waals surface area (Å²) in [6.07, 6.45) is 22.0. The first-order chi connectivity index (χ1) is 32.0. The zero-order chi connectivity index (χ0) is 51.4. The molecule has 4 aromatic heterocycles. The van der Waals surface area contributed by atoms with Crippen molar-refractivity contribution in [2.75, 3.05) is 25.7 Å². The second kappa shape index (κ2) is 23.5. The lowest BCUT2D eigenvalue weighted by molar-refractivity contribution is 0.328. The van der Waals surface area contributed by atoms with Crippen LogP contribution in [0.2, 0.25) is 36.3 Å². The minimum atomic E-state index is -3.35. The molecule has 0 unspecified atom stereocenters. The number of halogens is 1. The van der Waals surface area contributed by atoms with Crippen LogP contribution in [-0.4, -0.2) is 98.7 Å². The number of hydrogen-bond acceptors (Lipinski definition) is 14. The van der Waals surface area contributed by atoms with Gasteiger partial charge in [-0.1, -0.05) is 69.6 Å². The van der Waals surface area contributed by atoms with Crippen LogP contribution < -0.4 is 11.1 Å². The molecule has 0 spiro atoms. The Labute approximate surface area is 415 Å². The Bertz CT molecular complexity index is 3070. The van der Waals surface area contributed by atoms with Crippen molar-refractivity contribution in [3.63, 3.8) is 0 Å². The van der Waals surface area contributed by atoms with Gasteiger partial charge >= 0.3 is 0 Å². The van der Waals surface area contributed by atoms with E-state index in [1.165, 1.54) is 48.0 Å². The maximum atomic E-state index is 13.3. The lowest BCUT2D eigenvalue weighted by Crippen LogP contribution is -2.40. The maximum Gasteiger partial charge on any atom is 0.281 e. The number of nitrogens with one attached hydrogen (secondary N) is 1. The van der Waals surface area contributed by atoms with E-state index < -0.39 is 36.3 Å². The SMILES string of the molecule is CC(C)(C)[Si](C)(C)OC/C=C/c1c[nH]c(=O)c(-c2cncnc2)n1.CC(C)(C)[Si](C)(C)OC/C=C/c1cn(-c2ccc(S(C)(=O)=O)cc2)c(=O)c(-c2cncnc2)n1.CS(=O)(=O)c1ccc(Br)cc1. The number of aromatic nitrogens is 8. The van der Waals surface area contributed by atoms with Crippen LogP contribution in [0.25, 0.3) is 40.4 Å². The average Bonchev–Trinajstić information content (AvgIpc) is 3.27. The standard InChI is InChI=1S/C24H30N4O4SSi.C17H24N4O2Si.C7H7BrO2S/c1-24(2,3)34(5,6)32-13-7-8-19-16-28(20-9-11-21(12-10-20)33(4,30)31)23(29)22(27-19)18-14-25-17-26-15-18;1-17(2,3)24(4,5)23-8-6-7-14-11-20-16(22)15(21-14)13-9-18-12-19-10-13;1-11(9,10)7-4-2-6(8)3-5-7/h7-12,14-17H,13H2,1-6H3;6-7,9-12H,8H2,1-5H3,(H,20,22);2-5H,1H3/b8-7+;7-6+;. The molecule has 6 rings (SSSR count). The van der Waals surface area contributed by atoms with Gasteiger partial charge < -0.3 is 13.8 Å². The molecule has 0 fully saturated rings. The summed E-state index contributed by atoms with van der Waals surface area (Å²) in [5.41, 5.74) is 2.68. The van der Waals surface area contributed by atoms with E-state index >= 15 is 0 Å². The number of rotatable bonds is 13. The van der Waals surface area contributed by atoms with Crippen molar-refractivity contribution in [1.29, 1.82) is 0 Å². The van der Waals surface area contributed by atoms with Gasteiger partial charge in [-0.05, 0) is 96.9 Å². The van der Waals surface area contributed by atoms with Gasteiger partial charge in [0.2, 0.25) is 0 Å². The average molecular weight is 1080 g/mol. The third-order valence-electron chi connectivity index (χ3n) is 11.5. The molecule has 0 aliphatic heterocycles. The predicted octanol–water partition coefficient (Wildman–Crippen LogP) is 9.24. The minimum Gasteiger partial charge on any atom is -0.413 e. The summed E-state index contributed by atoms with van der Waals surface area (Å²) >= 11 is 3.22. The molecular weight excluding hydrogens is 1020 g/mol. The second-order valence-electron chi connectivity index (χ2n) is 18.9. The van der Waals surface area contributed by atoms with Crippen LogP contribution in [0.15, 0.2) is 134 Å². The largest absolute Gasteiger partial charge is 0.413 e. The Morgan fingerprint density at radius 1 is 0.638 bits per heavy atom. The van der Waals surface area contributed by atoms with Crippen LogP contribution in [0.4, 0.5) is 0 Å².